The van der Waals surface area contributed by atoms with E-state index in [0.717, 1.165) is 5.56 Å². The van der Waals surface area contributed by atoms with Gasteiger partial charge in [0.2, 0.25) is 11.7 Å². The van der Waals surface area contributed by atoms with Crippen molar-refractivity contribution in [1.82, 2.24) is 10.6 Å². The van der Waals surface area contributed by atoms with Gasteiger partial charge in [-0.3, -0.25) is 4.79 Å². The van der Waals surface area contributed by atoms with Crippen molar-refractivity contribution in [2.24, 2.45) is 0 Å². The third-order valence-corrected chi connectivity index (χ3v) is 3.13. The molecule has 0 bridgehead atoms. The fraction of sp³-hybridized carbons (Fsp3) is 0.533. The first-order chi connectivity index (χ1) is 10.1. The first-order valence-corrected chi connectivity index (χ1v) is 6.87. The molecule has 1 aromatic carbocycles. The molecule has 0 aliphatic rings. The van der Waals surface area contributed by atoms with Gasteiger partial charge in [0.1, 0.15) is 0 Å². The molecule has 1 atom stereocenters. The van der Waals surface area contributed by atoms with Gasteiger partial charge >= 0.3 is 0 Å². The Kier molecular flexibility index (Phi) is 6.81. The number of hydrogen-bond acceptors (Lipinski definition) is 5. The molecule has 0 aliphatic carbocycles. The average Bonchev–Trinajstić information content (AvgIpc) is 2.51. The van der Waals surface area contributed by atoms with Gasteiger partial charge in [0, 0.05) is 18.7 Å². The normalized spacial score (nSPS) is 11.7. The van der Waals surface area contributed by atoms with Crippen LogP contribution in [-0.2, 0) is 11.3 Å². The minimum Gasteiger partial charge on any atom is -0.493 e. The molecule has 118 valence electrons. The Bertz CT molecular complexity index is 477. The van der Waals surface area contributed by atoms with Crippen LogP contribution in [0, 0.1) is 0 Å². The number of hydrogen-bond donors (Lipinski definition) is 2. The monoisotopic (exact) mass is 296 g/mol. The molecule has 6 heteroatoms. The second-order valence-electron chi connectivity index (χ2n) is 4.49. The largest absolute Gasteiger partial charge is 0.493 e. The Labute approximate surface area is 125 Å². The van der Waals surface area contributed by atoms with Crippen LogP contribution in [0.25, 0.3) is 0 Å². The van der Waals surface area contributed by atoms with Crippen LogP contribution in [0.4, 0.5) is 0 Å². The highest BCUT2D eigenvalue weighted by molar-refractivity contribution is 5.81. The van der Waals surface area contributed by atoms with Crippen molar-refractivity contribution in [3.05, 3.63) is 17.7 Å². The number of benzene rings is 1. The summed E-state index contributed by atoms with van der Waals surface area (Å²) in [6.07, 6.45) is 0. The summed E-state index contributed by atoms with van der Waals surface area (Å²) in [5.41, 5.74) is 0.895. The molecule has 2 N–H and O–H groups in total. The first kappa shape index (κ1) is 17.1. The summed E-state index contributed by atoms with van der Waals surface area (Å²) in [4.78, 5) is 11.7. The quantitative estimate of drug-likeness (QED) is 0.757. The molecular formula is C15H24N2O4. The summed E-state index contributed by atoms with van der Waals surface area (Å²) in [5, 5.41) is 5.93. The van der Waals surface area contributed by atoms with Gasteiger partial charge in [-0.15, -0.1) is 0 Å². The molecule has 1 rings (SSSR count). The Morgan fingerprint density at radius 2 is 1.81 bits per heavy atom. The van der Waals surface area contributed by atoms with E-state index in [1.807, 2.05) is 26.0 Å². The van der Waals surface area contributed by atoms with Crippen molar-refractivity contribution >= 4 is 5.91 Å². The third-order valence-electron chi connectivity index (χ3n) is 3.13. The Balaban J connectivity index is 2.86. The minimum absolute atomic E-state index is 0.0306. The van der Waals surface area contributed by atoms with Crippen LogP contribution in [0.2, 0.25) is 0 Å². The van der Waals surface area contributed by atoms with Gasteiger partial charge in [0.15, 0.2) is 11.5 Å². The maximum absolute atomic E-state index is 11.7. The molecule has 0 fully saturated rings. The number of ether oxygens (including phenoxy) is 3. The summed E-state index contributed by atoms with van der Waals surface area (Å²) in [6.45, 7) is 4.81. The van der Waals surface area contributed by atoms with Crippen LogP contribution in [0.3, 0.4) is 0 Å². The summed E-state index contributed by atoms with van der Waals surface area (Å²) in [6, 6.07) is 3.41. The molecule has 1 amide bonds. The zero-order valence-corrected chi connectivity index (χ0v) is 13.3. The SMILES string of the molecule is CCNC(=O)C(C)NCc1ccc(OC)c(OC)c1OC. The van der Waals surface area contributed by atoms with E-state index in [4.69, 9.17) is 14.2 Å². The molecule has 21 heavy (non-hydrogen) atoms. The summed E-state index contributed by atoms with van der Waals surface area (Å²) in [5.74, 6) is 1.73. The fourth-order valence-electron chi connectivity index (χ4n) is 1.99. The molecule has 1 aromatic rings. The van der Waals surface area contributed by atoms with Crippen LogP contribution in [-0.4, -0.2) is 39.8 Å². The topological polar surface area (TPSA) is 68.8 Å². The second-order valence-corrected chi connectivity index (χ2v) is 4.49. The minimum atomic E-state index is -0.289. The van der Waals surface area contributed by atoms with E-state index in [1.54, 1.807) is 21.3 Å². The standard InChI is InChI=1S/C15H24N2O4/c1-6-16-15(18)10(2)17-9-11-7-8-12(19-3)14(21-5)13(11)20-4/h7-8,10,17H,6,9H2,1-5H3,(H,16,18). The molecule has 0 heterocycles. The van der Waals surface area contributed by atoms with E-state index in [1.165, 1.54) is 0 Å². The number of carbonyl (C=O) groups excluding carboxylic acids is 1. The highest BCUT2D eigenvalue weighted by Gasteiger charge is 2.17. The number of nitrogens with one attached hydrogen (secondary N) is 2. The van der Waals surface area contributed by atoms with Crippen molar-refractivity contribution in [2.45, 2.75) is 26.4 Å². The Morgan fingerprint density at radius 1 is 1.14 bits per heavy atom. The Hall–Kier alpha value is -1.95. The molecular weight excluding hydrogens is 272 g/mol. The van der Waals surface area contributed by atoms with Crippen molar-refractivity contribution < 1.29 is 19.0 Å². The van der Waals surface area contributed by atoms with Crippen molar-refractivity contribution in [2.75, 3.05) is 27.9 Å². The van der Waals surface area contributed by atoms with Crippen molar-refractivity contribution in [3.63, 3.8) is 0 Å². The molecule has 0 aliphatic heterocycles. The van der Waals surface area contributed by atoms with Gasteiger partial charge < -0.3 is 24.8 Å². The molecule has 0 saturated carbocycles. The van der Waals surface area contributed by atoms with Crippen LogP contribution >= 0.6 is 0 Å². The van der Waals surface area contributed by atoms with Gasteiger partial charge in [0.05, 0.1) is 27.4 Å². The smallest absolute Gasteiger partial charge is 0.236 e. The molecule has 0 saturated heterocycles. The highest BCUT2D eigenvalue weighted by Crippen LogP contribution is 2.39. The van der Waals surface area contributed by atoms with Crippen LogP contribution in [0.15, 0.2) is 12.1 Å². The zero-order chi connectivity index (χ0) is 15.8. The number of methoxy groups -OCH3 is 3. The maximum atomic E-state index is 11.7. The van der Waals surface area contributed by atoms with E-state index in [2.05, 4.69) is 10.6 Å². The first-order valence-electron chi connectivity index (χ1n) is 6.87. The van der Waals surface area contributed by atoms with Crippen LogP contribution in [0.1, 0.15) is 19.4 Å². The fourth-order valence-corrected chi connectivity index (χ4v) is 1.99. The Morgan fingerprint density at radius 3 is 2.33 bits per heavy atom. The van der Waals surface area contributed by atoms with Crippen LogP contribution < -0.4 is 24.8 Å². The highest BCUT2D eigenvalue weighted by atomic mass is 16.5. The van der Waals surface area contributed by atoms with Gasteiger partial charge in [-0.05, 0) is 19.9 Å². The molecule has 0 radical (unpaired) electrons. The van der Waals surface area contributed by atoms with Gasteiger partial charge in [-0.1, -0.05) is 6.07 Å². The van der Waals surface area contributed by atoms with E-state index in [0.29, 0.717) is 30.3 Å². The molecule has 1 unspecified atom stereocenters. The number of likely N-dealkylation sites (N-methyl/N-ethyl adjacent to an activating group) is 1. The van der Waals surface area contributed by atoms with Gasteiger partial charge in [-0.25, -0.2) is 0 Å². The van der Waals surface area contributed by atoms with Crippen molar-refractivity contribution in [3.8, 4) is 17.2 Å². The second kappa shape index (κ2) is 8.36. The lowest BCUT2D eigenvalue weighted by Crippen LogP contribution is -2.41. The van der Waals surface area contributed by atoms with Gasteiger partial charge in [0.25, 0.3) is 0 Å². The lowest BCUT2D eigenvalue weighted by Gasteiger charge is -2.18. The number of carbonyl (C=O) groups is 1. The number of amides is 1. The predicted molar refractivity (Wildman–Crippen MR) is 81.1 cm³/mol. The maximum Gasteiger partial charge on any atom is 0.236 e. The van der Waals surface area contributed by atoms with E-state index < -0.39 is 0 Å². The predicted octanol–water partition coefficient (Wildman–Crippen LogP) is 1.33. The van der Waals surface area contributed by atoms with E-state index in [-0.39, 0.29) is 11.9 Å². The number of rotatable bonds is 8. The van der Waals surface area contributed by atoms with E-state index >= 15 is 0 Å². The lowest BCUT2D eigenvalue weighted by molar-refractivity contribution is -0.122. The van der Waals surface area contributed by atoms with Crippen LogP contribution in [0.5, 0.6) is 17.2 Å². The summed E-state index contributed by atoms with van der Waals surface area (Å²) in [7, 11) is 4.72. The average molecular weight is 296 g/mol. The van der Waals surface area contributed by atoms with Gasteiger partial charge in [-0.2, -0.15) is 0 Å². The zero-order valence-electron chi connectivity index (χ0n) is 13.3. The molecule has 0 spiro atoms. The third kappa shape index (κ3) is 4.26. The lowest BCUT2D eigenvalue weighted by atomic mass is 10.1. The molecule has 6 nitrogen and oxygen atoms in total. The summed E-state index contributed by atoms with van der Waals surface area (Å²) >= 11 is 0. The molecule has 0 aromatic heterocycles. The van der Waals surface area contributed by atoms with E-state index in [9.17, 15) is 4.79 Å². The summed E-state index contributed by atoms with van der Waals surface area (Å²) < 4.78 is 16.0. The van der Waals surface area contributed by atoms with Crippen molar-refractivity contribution in [1.29, 1.82) is 0 Å².